The van der Waals surface area contributed by atoms with Crippen LogP contribution < -0.4 is 5.32 Å². The van der Waals surface area contributed by atoms with E-state index in [0.29, 0.717) is 5.56 Å². The molecule has 3 atom stereocenters. The predicted octanol–water partition coefficient (Wildman–Crippen LogP) is 0.838. The van der Waals surface area contributed by atoms with Gasteiger partial charge in [-0.3, -0.25) is 9.59 Å². The Kier molecular flexibility index (Phi) is 3.44. The summed E-state index contributed by atoms with van der Waals surface area (Å²) in [5.74, 6) is -3.85. The molecule has 1 aromatic rings. The molecule has 1 aliphatic heterocycles. The number of piperidine rings is 1. The minimum absolute atomic E-state index is 0.634. The summed E-state index contributed by atoms with van der Waals surface area (Å²) < 4.78 is 15.6. The Hall–Kier alpha value is -2.43. The van der Waals surface area contributed by atoms with E-state index < -0.39 is 34.5 Å². The molecule has 1 saturated carbocycles. The van der Waals surface area contributed by atoms with E-state index in [4.69, 9.17) is 14.2 Å². The van der Waals surface area contributed by atoms with Gasteiger partial charge in [-0.15, -0.1) is 0 Å². The Morgan fingerprint density at radius 2 is 1.79 bits per heavy atom. The van der Waals surface area contributed by atoms with Crippen molar-refractivity contribution in [1.82, 2.24) is 5.32 Å². The van der Waals surface area contributed by atoms with Crippen LogP contribution in [0.3, 0.4) is 0 Å². The highest BCUT2D eigenvalue weighted by atomic mass is 16.7. The molecule has 1 aromatic carbocycles. The number of carbonyl (C=O) groups is 2. The molecule has 126 valence electrons. The number of nitrogens with one attached hydrogen (secondary N) is 1. The summed E-state index contributed by atoms with van der Waals surface area (Å²) >= 11 is 0. The van der Waals surface area contributed by atoms with Crippen LogP contribution in [0.25, 0.3) is 0 Å². The summed E-state index contributed by atoms with van der Waals surface area (Å²) in [6.45, 7) is 1.93. The maximum absolute atomic E-state index is 12.8. The van der Waals surface area contributed by atoms with E-state index >= 15 is 0 Å². The number of hydrogen-bond acceptors (Lipinski definition) is 6. The highest BCUT2D eigenvalue weighted by Crippen LogP contribution is 2.81. The zero-order chi connectivity index (χ0) is 17.8. The van der Waals surface area contributed by atoms with E-state index in [-0.39, 0.29) is 0 Å². The van der Waals surface area contributed by atoms with Gasteiger partial charge >= 0.3 is 5.97 Å². The van der Waals surface area contributed by atoms with Gasteiger partial charge in [0.1, 0.15) is 0 Å². The van der Waals surface area contributed by atoms with Crippen molar-refractivity contribution in [2.45, 2.75) is 18.8 Å². The normalized spacial score (nSPS) is 32.5. The van der Waals surface area contributed by atoms with E-state index in [1.807, 2.05) is 19.1 Å². The number of hydrogen-bond donors (Lipinski definition) is 1. The van der Waals surface area contributed by atoms with Gasteiger partial charge in [-0.25, -0.2) is 0 Å². The fourth-order valence-corrected chi connectivity index (χ4v) is 4.11. The number of rotatable bonds is 4. The third-order valence-electron chi connectivity index (χ3n) is 5.23. The van der Waals surface area contributed by atoms with Crippen LogP contribution in [-0.2, 0) is 23.8 Å². The van der Waals surface area contributed by atoms with Crippen LogP contribution in [0, 0.1) is 29.1 Å². The second-order valence-electron chi connectivity index (χ2n) is 6.04. The minimum Gasteiger partial charge on any atom is -0.468 e. The molecule has 0 bridgehead atoms. The van der Waals surface area contributed by atoms with Gasteiger partial charge in [0.15, 0.2) is 10.8 Å². The number of nitrogens with zero attached hydrogens (tertiary/aromatic N) is 1. The standard InChI is InChI=1S/C17H18N2O5/c1-10-5-7-11(8-6-10)12-15(9-18)16(12,14(21)22-2)13(20)19-17(15,23-3)24-4/h5-8,12H,1-4H3,(H,19,20)/t12-,15-,16-/m1/s1. The summed E-state index contributed by atoms with van der Waals surface area (Å²) in [4.78, 5) is 25.3. The fraction of sp³-hybridized carbons (Fsp3) is 0.471. The SMILES string of the molecule is COC(=O)[C@@]12C(=O)NC(OC)(OC)[C@]1(C#N)[C@H]2c1ccc(C)cc1. The van der Waals surface area contributed by atoms with Gasteiger partial charge in [-0.05, 0) is 12.5 Å². The number of aryl methyl sites for hydroxylation is 1. The fourth-order valence-electron chi connectivity index (χ4n) is 4.11. The number of amides is 1. The molecule has 0 spiro atoms. The number of ether oxygens (including phenoxy) is 3. The molecule has 0 aromatic heterocycles. The summed E-state index contributed by atoms with van der Waals surface area (Å²) in [6, 6.07) is 9.44. The predicted molar refractivity (Wildman–Crippen MR) is 81.3 cm³/mol. The van der Waals surface area contributed by atoms with Crippen molar-refractivity contribution in [3.8, 4) is 6.07 Å². The Labute approximate surface area is 139 Å². The number of methoxy groups -OCH3 is 3. The van der Waals surface area contributed by atoms with Gasteiger partial charge < -0.3 is 19.5 Å². The average molecular weight is 330 g/mol. The van der Waals surface area contributed by atoms with Crippen molar-refractivity contribution in [1.29, 1.82) is 5.26 Å². The Bertz CT molecular complexity index is 749. The average Bonchev–Trinajstić information content (AvgIpc) is 3.18. The lowest BCUT2D eigenvalue weighted by Gasteiger charge is -2.32. The molecule has 0 radical (unpaired) electrons. The van der Waals surface area contributed by atoms with Crippen LogP contribution in [0.1, 0.15) is 17.0 Å². The van der Waals surface area contributed by atoms with Gasteiger partial charge in [0, 0.05) is 20.1 Å². The first-order valence-corrected chi connectivity index (χ1v) is 7.41. The van der Waals surface area contributed by atoms with Gasteiger partial charge in [-0.1, -0.05) is 29.8 Å². The molecule has 1 heterocycles. The van der Waals surface area contributed by atoms with Gasteiger partial charge in [0.05, 0.1) is 13.2 Å². The molecular formula is C17H18N2O5. The Morgan fingerprint density at radius 3 is 2.25 bits per heavy atom. The maximum Gasteiger partial charge on any atom is 0.324 e. The molecular weight excluding hydrogens is 312 g/mol. The molecule has 24 heavy (non-hydrogen) atoms. The molecule has 0 unspecified atom stereocenters. The van der Waals surface area contributed by atoms with Crippen LogP contribution in [0.5, 0.6) is 0 Å². The zero-order valence-electron chi connectivity index (χ0n) is 13.9. The first-order chi connectivity index (χ1) is 11.4. The molecule has 2 aliphatic rings. The van der Waals surface area contributed by atoms with Crippen LogP contribution in [0.15, 0.2) is 24.3 Å². The van der Waals surface area contributed by atoms with Crippen molar-refractivity contribution in [2.24, 2.45) is 10.8 Å². The number of fused-ring (bicyclic) bond motifs is 1. The first-order valence-electron chi connectivity index (χ1n) is 7.41. The third-order valence-corrected chi connectivity index (χ3v) is 5.23. The molecule has 7 nitrogen and oxygen atoms in total. The molecule has 1 N–H and O–H groups in total. The lowest BCUT2D eigenvalue weighted by molar-refractivity contribution is -0.248. The van der Waals surface area contributed by atoms with Crippen LogP contribution in [0.2, 0.25) is 0 Å². The molecule has 2 fully saturated rings. The highest BCUT2D eigenvalue weighted by Gasteiger charge is 2.98. The lowest BCUT2D eigenvalue weighted by Crippen LogP contribution is -2.54. The van der Waals surface area contributed by atoms with Gasteiger partial charge in [-0.2, -0.15) is 5.26 Å². The number of benzene rings is 1. The summed E-state index contributed by atoms with van der Waals surface area (Å²) in [5, 5.41) is 12.5. The minimum atomic E-state index is -1.72. The van der Waals surface area contributed by atoms with E-state index in [2.05, 4.69) is 11.4 Å². The Balaban J connectivity index is 2.26. The van der Waals surface area contributed by atoms with Crippen LogP contribution >= 0.6 is 0 Å². The summed E-state index contributed by atoms with van der Waals surface area (Å²) in [7, 11) is 3.83. The van der Waals surface area contributed by atoms with Crippen LogP contribution in [-0.4, -0.2) is 39.1 Å². The van der Waals surface area contributed by atoms with Crippen molar-refractivity contribution in [3.63, 3.8) is 0 Å². The Morgan fingerprint density at radius 1 is 1.21 bits per heavy atom. The number of carbonyl (C=O) groups excluding carboxylic acids is 2. The maximum atomic E-state index is 12.8. The van der Waals surface area contributed by atoms with Crippen LogP contribution in [0.4, 0.5) is 0 Å². The highest BCUT2D eigenvalue weighted by molar-refractivity contribution is 6.13. The second kappa shape index (κ2) is 5.03. The summed E-state index contributed by atoms with van der Waals surface area (Å²) in [5.41, 5.74) is -1.54. The van der Waals surface area contributed by atoms with Crippen molar-refractivity contribution in [2.75, 3.05) is 21.3 Å². The number of nitriles is 1. The zero-order valence-corrected chi connectivity index (χ0v) is 13.9. The molecule has 1 aliphatic carbocycles. The second-order valence-corrected chi connectivity index (χ2v) is 6.04. The monoisotopic (exact) mass is 330 g/mol. The molecule has 1 amide bonds. The lowest BCUT2D eigenvalue weighted by atomic mass is 9.94. The van der Waals surface area contributed by atoms with Gasteiger partial charge in [0.25, 0.3) is 5.91 Å². The smallest absolute Gasteiger partial charge is 0.324 e. The molecule has 1 saturated heterocycles. The van der Waals surface area contributed by atoms with E-state index in [1.54, 1.807) is 12.1 Å². The van der Waals surface area contributed by atoms with E-state index in [9.17, 15) is 14.9 Å². The molecule has 3 rings (SSSR count). The first kappa shape index (κ1) is 16.4. The third kappa shape index (κ3) is 1.48. The summed E-state index contributed by atoms with van der Waals surface area (Å²) in [6.07, 6.45) is 0. The van der Waals surface area contributed by atoms with Crippen molar-refractivity contribution >= 4 is 11.9 Å². The topological polar surface area (TPSA) is 97.7 Å². The van der Waals surface area contributed by atoms with Crippen molar-refractivity contribution < 1.29 is 23.8 Å². The van der Waals surface area contributed by atoms with E-state index in [1.165, 1.54) is 21.3 Å². The quantitative estimate of drug-likeness (QED) is 0.499. The molecule has 7 heteroatoms. The van der Waals surface area contributed by atoms with Gasteiger partial charge in [0.2, 0.25) is 5.91 Å². The van der Waals surface area contributed by atoms with E-state index in [0.717, 1.165) is 5.56 Å². The van der Waals surface area contributed by atoms with Crippen molar-refractivity contribution in [3.05, 3.63) is 35.4 Å². The number of esters is 1. The largest absolute Gasteiger partial charge is 0.468 e.